The highest BCUT2D eigenvalue weighted by Gasteiger charge is 2.09. The first-order valence-electron chi connectivity index (χ1n) is 6.04. The number of aromatic nitrogens is 1. The summed E-state index contributed by atoms with van der Waals surface area (Å²) < 4.78 is 0. The lowest BCUT2D eigenvalue weighted by atomic mass is 9.92. The van der Waals surface area contributed by atoms with Crippen LogP contribution in [0.3, 0.4) is 0 Å². The lowest BCUT2D eigenvalue weighted by molar-refractivity contribution is 0.367. The van der Waals surface area contributed by atoms with Crippen LogP contribution in [0, 0.1) is 5.41 Å². The van der Waals surface area contributed by atoms with Crippen LogP contribution in [0.15, 0.2) is 6.20 Å². The van der Waals surface area contributed by atoms with E-state index in [2.05, 4.69) is 44.9 Å². The maximum atomic E-state index is 4.42. The molecule has 0 bridgehead atoms. The van der Waals surface area contributed by atoms with Gasteiger partial charge in [-0.2, -0.15) is 0 Å². The van der Waals surface area contributed by atoms with Gasteiger partial charge in [0.05, 0.1) is 5.01 Å². The Morgan fingerprint density at radius 3 is 2.56 bits per heavy atom. The second kappa shape index (κ2) is 5.78. The number of nitrogens with one attached hydrogen (secondary N) is 1. The molecule has 0 aliphatic rings. The number of hydrogen-bond donors (Lipinski definition) is 1. The summed E-state index contributed by atoms with van der Waals surface area (Å²) in [5.74, 6) is 0.549. The van der Waals surface area contributed by atoms with Crippen LogP contribution in [0.1, 0.15) is 56.8 Å². The van der Waals surface area contributed by atoms with Crippen molar-refractivity contribution in [1.29, 1.82) is 0 Å². The van der Waals surface area contributed by atoms with E-state index in [0.29, 0.717) is 11.3 Å². The van der Waals surface area contributed by atoms with Crippen LogP contribution in [0.4, 0.5) is 0 Å². The Kier molecular flexibility index (Phi) is 4.93. The molecule has 0 unspecified atom stereocenters. The number of nitrogens with zero attached hydrogens (tertiary/aromatic N) is 1. The van der Waals surface area contributed by atoms with Gasteiger partial charge in [0.25, 0.3) is 0 Å². The minimum atomic E-state index is 0.420. The molecule has 0 aliphatic carbocycles. The van der Waals surface area contributed by atoms with E-state index in [4.69, 9.17) is 0 Å². The molecule has 1 heterocycles. The van der Waals surface area contributed by atoms with E-state index in [1.807, 2.05) is 17.5 Å². The van der Waals surface area contributed by atoms with Gasteiger partial charge in [0.2, 0.25) is 0 Å². The molecule has 1 aromatic rings. The summed E-state index contributed by atoms with van der Waals surface area (Å²) in [7, 11) is 0. The van der Waals surface area contributed by atoms with Crippen LogP contribution in [0.2, 0.25) is 0 Å². The first-order valence-corrected chi connectivity index (χ1v) is 6.85. The Balaban J connectivity index is 2.27. The SMILES string of the molecule is CC(C)c1ncc(CNCCC(C)(C)C)s1. The van der Waals surface area contributed by atoms with Gasteiger partial charge in [-0.1, -0.05) is 34.6 Å². The summed E-state index contributed by atoms with van der Waals surface area (Å²) in [6.45, 7) is 13.2. The third-order valence-electron chi connectivity index (χ3n) is 2.42. The second-order valence-corrected chi connectivity index (χ2v) is 6.95. The molecule has 1 rings (SSSR count). The molecule has 0 aromatic carbocycles. The molecule has 0 radical (unpaired) electrons. The highest BCUT2D eigenvalue weighted by atomic mass is 32.1. The minimum absolute atomic E-state index is 0.420. The van der Waals surface area contributed by atoms with Crippen LogP contribution in [0.25, 0.3) is 0 Å². The number of hydrogen-bond acceptors (Lipinski definition) is 3. The Labute approximate surface area is 103 Å². The fraction of sp³-hybridized carbons (Fsp3) is 0.769. The molecule has 3 heteroatoms. The molecule has 0 amide bonds. The predicted molar refractivity (Wildman–Crippen MR) is 72.0 cm³/mol. The van der Waals surface area contributed by atoms with Crippen LogP contribution in [-0.2, 0) is 6.54 Å². The molecular formula is C13H24N2S. The van der Waals surface area contributed by atoms with Crippen molar-refractivity contribution in [1.82, 2.24) is 10.3 Å². The van der Waals surface area contributed by atoms with Crippen molar-refractivity contribution in [2.45, 2.75) is 53.5 Å². The van der Waals surface area contributed by atoms with Gasteiger partial charge in [-0.05, 0) is 18.4 Å². The zero-order valence-electron chi connectivity index (χ0n) is 11.1. The zero-order valence-corrected chi connectivity index (χ0v) is 11.9. The average molecular weight is 240 g/mol. The van der Waals surface area contributed by atoms with Gasteiger partial charge in [-0.25, -0.2) is 4.98 Å². The van der Waals surface area contributed by atoms with E-state index < -0.39 is 0 Å². The topological polar surface area (TPSA) is 24.9 Å². The Hall–Kier alpha value is -0.410. The van der Waals surface area contributed by atoms with Crippen molar-refractivity contribution in [2.24, 2.45) is 5.41 Å². The summed E-state index contributed by atoms with van der Waals surface area (Å²) in [5, 5.41) is 4.72. The lowest BCUT2D eigenvalue weighted by Crippen LogP contribution is -2.19. The standard InChI is InChI=1S/C13H24N2S/c1-10(2)12-15-9-11(16-12)8-14-7-6-13(3,4)5/h9-10,14H,6-8H2,1-5H3. The van der Waals surface area contributed by atoms with Gasteiger partial charge < -0.3 is 5.32 Å². The van der Waals surface area contributed by atoms with E-state index in [1.165, 1.54) is 16.3 Å². The van der Waals surface area contributed by atoms with Crippen molar-refractivity contribution < 1.29 is 0 Å². The Bertz CT molecular complexity index is 310. The van der Waals surface area contributed by atoms with Crippen LogP contribution >= 0.6 is 11.3 Å². The average Bonchev–Trinajstić information content (AvgIpc) is 2.59. The van der Waals surface area contributed by atoms with Crippen molar-refractivity contribution >= 4 is 11.3 Å². The van der Waals surface area contributed by atoms with E-state index >= 15 is 0 Å². The van der Waals surface area contributed by atoms with Gasteiger partial charge in [0.15, 0.2) is 0 Å². The van der Waals surface area contributed by atoms with Crippen LogP contribution in [0.5, 0.6) is 0 Å². The monoisotopic (exact) mass is 240 g/mol. The van der Waals surface area contributed by atoms with Gasteiger partial charge in [-0.15, -0.1) is 11.3 Å². The molecule has 16 heavy (non-hydrogen) atoms. The number of thiazole rings is 1. The maximum Gasteiger partial charge on any atom is 0.0953 e. The highest BCUT2D eigenvalue weighted by molar-refractivity contribution is 7.11. The van der Waals surface area contributed by atoms with Gasteiger partial charge in [-0.3, -0.25) is 0 Å². The van der Waals surface area contributed by atoms with E-state index in [-0.39, 0.29) is 0 Å². The third kappa shape index (κ3) is 5.08. The van der Waals surface area contributed by atoms with Crippen LogP contribution < -0.4 is 5.32 Å². The summed E-state index contributed by atoms with van der Waals surface area (Å²) in [6, 6.07) is 0. The maximum absolute atomic E-state index is 4.42. The molecule has 1 aromatic heterocycles. The Morgan fingerprint density at radius 2 is 2.06 bits per heavy atom. The quantitative estimate of drug-likeness (QED) is 0.792. The van der Waals surface area contributed by atoms with Gasteiger partial charge in [0.1, 0.15) is 0 Å². The number of rotatable bonds is 5. The fourth-order valence-corrected chi connectivity index (χ4v) is 2.24. The smallest absolute Gasteiger partial charge is 0.0953 e. The highest BCUT2D eigenvalue weighted by Crippen LogP contribution is 2.21. The van der Waals surface area contributed by atoms with Crippen molar-refractivity contribution in [2.75, 3.05) is 6.54 Å². The molecule has 0 saturated carbocycles. The summed E-state index contributed by atoms with van der Waals surface area (Å²) in [4.78, 5) is 5.77. The minimum Gasteiger partial charge on any atom is -0.312 e. The molecular weight excluding hydrogens is 216 g/mol. The van der Waals surface area contributed by atoms with Crippen LogP contribution in [-0.4, -0.2) is 11.5 Å². The van der Waals surface area contributed by atoms with Crippen molar-refractivity contribution in [3.8, 4) is 0 Å². The molecule has 1 N–H and O–H groups in total. The fourth-order valence-electron chi connectivity index (χ4n) is 1.35. The zero-order chi connectivity index (χ0) is 12.2. The molecule has 0 saturated heterocycles. The van der Waals surface area contributed by atoms with E-state index in [9.17, 15) is 0 Å². The molecule has 0 spiro atoms. The summed E-state index contributed by atoms with van der Waals surface area (Å²) >= 11 is 1.83. The molecule has 2 nitrogen and oxygen atoms in total. The molecule has 0 fully saturated rings. The van der Waals surface area contributed by atoms with Crippen molar-refractivity contribution in [3.63, 3.8) is 0 Å². The normalized spacial score (nSPS) is 12.4. The largest absolute Gasteiger partial charge is 0.312 e. The summed E-state index contributed by atoms with van der Waals surface area (Å²) in [6.07, 6.45) is 3.22. The Morgan fingerprint density at radius 1 is 1.38 bits per heavy atom. The van der Waals surface area contributed by atoms with E-state index in [1.54, 1.807) is 0 Å². The van der Waals surface area contributed by atoms with Gasteiger partial charge >= 0.3 is 0 Å². The summed E-state index contributed by atoms with van der Waals surface area (Å²) in [5.41, 5.74) is 0.420. The second-order valence-electron chi connectivity index (χ2n) is 5.81. The third-order valence-corrected chi connectivity index (χ3v) is 3.71. The molecule has 0 atom stereocenters. The van der Waals surface area contributed by atoms with Crippen molar-refractivity contribution in [3.05, 3.63) is 16.1 Å². The first kappa shape index (κ1) is 13.7. The predicted octanol–water partition coefficient (Wildman–Crippen LogP) is 3.79. The van der Waals surface area contributed by atoms with Gasteiger partial charge in [0, 0.05) is 23.5 Å². The molecule has 92 valence electrons. The van der Waals surface area contributed by atoms with E-state index in [0.717, 1.165) is 13.1 Å². The molecule has 0 aliphatic heterocycles. The lowest BCUT2D eigenvalue weighted by Gasteiger charge is -2.17. The first-order chi connectivity index (χ1) is 7.38.